The second kappa shape index (κ2) is 7.44. The molecule has 0 N–H and O–H groups in total. The fraction of sp³-hybridized carbons (Fsp3) is 0.833. The van der Waals surface area contributed by atoms with Gasteiger partial charge in [-0.05, 0) is 56.8 Å². The number of carbonyl (C=O) groups is 1. The average molecular weight is 293 g/mol. The first kappa shape index (κ1) is 16.5. The van der Waals surface area contributed by atoms with Crippen LogP contribution in [-0.4, -0.2) is 36.6 Å². The standard InChI is InChI=1S/C18H31NO2/c1-15(2)8-13-21-16(3)17(20)19-12-7-11-18(14-19)9-5-4-6-10-18/h4-5,15-16H,6-14H2,1-3H3/t16-,18+/m0/s1. The summed E-state index contributed by atoms with van der Waals surface area (Å²) in [7, 11) is 0. The number of hydrogen-bond donors (Lipinski definition) is 0. The van der Waals surface area contributed by atoms with Gasteiger partial charge in [-0.15, -0.1) is 0 Å². The van der Waals surface area contributed by atoms with E-state index >= 15 is 0 Å². The first-order valence-electron chi connectivity index (χ1n) is 8.58. The Morgan fingerprint density at radius 3 is 2.76 bits per heavy atom. The molecule has 1 fully saturated rings. The second-order valence-electron chi connectivity index (χ2n) is 7.27. The molecule has 1 saturated heterocycles. The first-order chi connectivity index (χ1) is 10.0. The number of carbonyl (C=O) groups excluding carboxylic acids is 1. The van der Waals surface area contributed by atoms with Gasteiger partial charge in [0.25, 0.3) is 5.91 Å². The second-order valence-corrected chi connectivity index (χ2v) is 7.27. The number of allylic oxidation sites excluding steroid dienone is 2. The fourth-order valence-corrected chi connectivity index (χ4v) is 3.52. The summed E-state index contributed by atoms with van der Waals surface area (Å²) in [5.74, 6) is 0.812. The van der Waals surface area contributed by atoms with Gasteiger partial charge in [-0.1, -0.05) is 26.0 Å². The van der Waals surface area contributed by atoms with Gasteiger partial charge in [0.2, 0.25) is 0 Å². The number of amides is 1. The Bertz CT molecular complexity index is 377. The molecule has 0 aromatic carbocycles. The first-order valence-corrected chi connectivity index (χ1v) is 8.58. The number of nitrogens with zero attached hydrogens (tertiary/aromatic N) is 1. The zero-order chi connectivity index (χ0) is 15.3. The summed E-state index contributed by atoms with van der Waals surface area (Å²) in [6.07, 6.45) is 11.3. The molecule has 1 spiro atoms. The minimum atomic E-state index is -0.293. The molecule has 1 aliphatic carbocycles. The zero-order valence-corrected chi connectivity index (χ0v) is 13.9. The predicted molar refractivity (Wildman–Crippen MR) is 86.1 cm³/mol. The molecule has 2 atom stereocenters. The van der Waals surface area contributed by atoms with Crippen molar-refractivity contribution in [1.29, 1.82) is 0 Å². The average Bonchev–Trinajstić information content (AvgIpc) is 2.47. The Balaban J connectivity index is 1.85. The van der Waals surface area contributed by atoms with Crippen LogP contribution in [0.5, 0.6) is 0 Å². The Hall–Kier alpha value is -0.830. The summed E-state index contributed by atoms with van der Waals surface area (Å²) in [5.41, 5.74) is 0.348. The van der Waals surface area contributed by atoms with Crippen LogP contribution in [0.2, 0.25) is 0 Å². The Labute approximate surface area is 129 Å². The molecular weight excluding hydrogens is 262 g/mol. The van der Waals surface area contributed by atoms with Crippen molar-refractivity contribution in [1.82, 2.24) is 4.90 Å². The number of likely N-dealkylation sites (tertiary alicyclic amines) is 1. The molecule has 0 radical (unpaired) electrons. The van der Waals surface area contributed by atoms with E-state index in [-0.39, 0.29) is 12.0 Å². The van der Waals surface area contributed by atoms with Crippen LogP contribution in [0.3, 0.4) is 0 Å². The summed E-state index contributed by atoms with van der Waals surface area (Å²) in [4.78, 5) is 14.6. The monoisotopic (exact) mass is 293 g/mol. The molecule has 2 rings (SSSR count). The third-order valence-corrected chi connectivity index (χ3v) is 4.94. The van der Waals surface area contributed by atoms with E-state index in [1.165, 1.54) is 19.3 Å². The minimum absolute atomic E-state index is 0.187. The van der Waals surface area contributed by atoms with Crippen LogP contribution in [0, 0.1) is 11.3 Å². The highest BCUT2D eigenvalue weighted by Crippen LogP contribution is 2.40. The highest BCUT2D eigenvalue weighted by molar-refractivity contribution is 5.80. The summed E-state index contributed by atoms with van der Waals surface area (Å²) in [5, 5.41) is 0. The summed E-state index contributed by atoms with van der Waals surface area (Å²) in [6, 6.07) is 0. The van der Waals surface area contributed by atoms with Crippen LogP contribution in [0.1, 0.15) is 59.3 Å². The van der Waals surface area contributed by atoms with Gasteiger partial charge in [-0.25, -0.2) is 0 Å². The molecule has 0 aromatic heterocycles. The van der Waals surface area contributed by atoms with Crippen molar-refractivity contribution in [3.63, 3.8) is 0 Å². The zero-order valence-electron chi connectivity index (χ0n) is 13.9. The van der Waals surface area contributed by atoms with Crippen LogP contribution < -0.4 is 0 Å². The van der Waals surface area contributed by atoms with Gasteiger partial charge in [-0.2, -0.15) is 0 Å². The third-order valence-electron chi connectivity index (χ3n) is 4.94. The lowest BCUT2D eigenvalue weighted by Crippen LogP contribution is -2.49. The largest absolute Gasteiger partial charge is 0.369 e. The van der Waals surface area contributed by atoms with E-state index < -0.39 is 0 Å². The highest BCUT2D eigenvalue weighted by atomic mass is 16.5. The van der Waals surface area contributed by atoms with Crippen LogP contribution >= 0.6 is 0 Å². The molecule has 0 unspecified atom stereocenters. The van der Waals surface area contributed by atoms with Crippen molar-refractivity contribution >= 4 is 5.91 Å². The van der Waals surface area contributed by atoms with Crippen molar-refractivity contribution in [2.24, 2.45) is 11.3 Å². The molecule has 0 aromatic rings. The van der Waals surface area contributed by atoms with Crippen molar-refractivity contribution < 1.29 is 9.53 Å². The molecular formula is C18H31NO2. The topological polar surface area (TPSA) is 29.5 Å². The molecule has 1 amide bonds. The highest BCUT2D eigenvalue weighted by Gasteiger charge is 2.37. The molecule has 0 saturated carbocycles. The lowest BCUT2D eigenvalue weighted by Gasteiger charge is -2.44. The molecule has 120 valence electrons. The van der Waals surface area contributed by atoms with Gasteiger partial charge in [0.1, 0.15) is 6.10 Å². The Morgan fingerprint density at radius 2 is 2.10 bits per heavy atom. The van der Waals surface area contributed by atoms with E-state index in [9.17, 15) is 4.79 Å². The number of piperidine rings is 1. The van der Waals surface area contributed by atoms with Gasteiger partial charge in [-0.3, -0.25) is 4.79 Å². The predicted octanol–water partition coefficient (Wildman–Crippen LogP) is 3.79. The maximum Gasteiger partial charge on any atom is 0.251 e. The molecule has 21 heavy (non-hydrogen) atoms. The third kappa shape index (κ3) is 4.57. The molecule has 0 bridgehead atoms. The molecule has 3 heteroatoms. The van der Waals surface area contributed by atoms with Crippen molar-refractivity contribution in [2.75, 3.05) is 19.7 Å². The van der Waals surface area contributed by atoms with Crippen LogP contribution in [0.4, 0.5) is 0 Å². The maximum absolute atomic E-state index is 12.6. The van der Waals surface area contributed by atoms with Gasteiger partial charge in [0.05, 0.1) is 0 Å². The Morgan fingerprint density at radius 1 is 1.29 bits per heavy atom. The number of hydrogen-bond acceptors (Lipinski definition) is 2. The fourth-order valence-electron chi connectivity index (χ4n) is 3.52. The van der Waals surface area contributed by atoms with Crippen LogP contribution in [-0.2, 0) is 9.53 Å². The summed E-state index contributed by atoms with van der Waals surface area (Å²) in [6.45, 7) is 8.79. The SMILES string of the molecule is CC(C)CCO[C@@H](C)C(=O)N1CCC[C@]2(CC=CCC2)C1. The lowest BCUT2D eigenvalue weighted by molar-refractivity contribution is -0.146. The van der Waals surface area contributed by atoms with Crippen molar-refractivity contribution in [3.05, 3.63) is 12.2 Å². The van der Waals surface area contributed by atoms with Crippen LogP contribution in [0.25, 0.3) is 0 Å². The van der Waals surface area contributed by atoms with Crippen LogP contribution in [0.15, 0.2) is 12.2 Å². The van der Waals surface area contributed by atoms with E-state index in [4.69, 9.17) is 4.74 Å². The molecule has 1 aliphatic heterocycles. The van der Waals surface area contributed by atoms with E-state index in [0.717, 1.165) is 32.4 Å². The summed E-state index contributed by atoms with van der Waals surface area (Å²) >= 11 is 0. The maximum atomic E-state index is 12.6. The smallest absolute Gasteiger partial charge is 0.251 e. The number of rotatable bonds is 5. The van der Waals surface area contributed by atoms with E-state index in [2.05, 4.69) is 30.9 Å². The van der Waals surface area contributed by atoms with Crippen molar-refractivity contribution in [3.8, 4) is 0 Å². The van der Waals surface area contributed by atoms with E-state index in [0.29, 0.717) is 17.9 Å². The van der Waals surface area contributed by atoms with E-state index in [1.54, 1.807) is 0 Å². The quantitative estimate of drug-likeness (QED) is 0.722. The lowest BCUT2D eigenvalue weighted by atomic mass is 9.71. The molecule has 3 nitrogen and oxygen atoms in total. The van der Waals surface area contributed by atoms with Gasteiger partial charge in [0, 0.05) is 19.7 Å². The van der Waals surface area contributed by atoms with Gasteiger partial charge in [0.15, 0.2) is 0 Å². The minimum Gasteiger partial charge on any atom is -0.369 e. The normalized spacial score (nSPS) is 27.3. The van der Waals surface area contributed by atoms with Crippen molar-refractivity contribution in [2.45, 2.75) is 65.4 Å². The van der Waals surface area contributed by atoms with Gasteiger partial charge < -0.3 is 9.64 Å². The van der Waals surface area contributed by atoms with E-state index in [1.807, 2.05) is 6.92 Å². The molecule has 2 aliphatic rings. The molecule has 1 heterocycles. The number of ether oxygens (including phenoxy) is 1. The summed E-state index contributed by atoms with van der Waals surface area (Å²) < 4.78 is 5.74. The Kier molecular flexibility index (Phi) is 5.86. The van der Waals surface area contributed by atoms with Gasteiger partial charge >= 0.3 is 0 Å².